The maximum atomic E-state index is 15.6. The normalized spacial score (nSPS) is 20.0. The highest BCUT2D eigenvalue weighted by molar-refractivity contribution is 6.10. The standard InChI is InChI=1S/C31H31F4N7O3/c1-4-26(43)39-9-8-23-22(16-39)36-17-41(23)11-10-40-15-19-13-27(44)42(25-14-20(31(33,34)35)12-18(2)37-25)28(19)30(45)38(3)24-7-5-6-21(32)29(24)40/h4-7,12,14,17,19,28H,1,8-11,13,15-16H2,2-3H3/t19-,28+/m1/s1. The molecule has 3 aromatic rings. The first kappa shape index (κ1) is 30.3. The Morgan fingerprint density at radius 1 is 1.18 bits per heavy atom. The number of alkyl halides is 3. The maximum Gasteiger partial charge on any atom is 0.416 e. The van der Waals surface area contributed by atoms with Crippen LogP contribution in [-0.2, 0) is 40.1 Å². The Bertz CT molecular complexity index is 1700. The third-order valence-corrected chi connectivity index (χ3v) is 8.71. The van der Waals surface area contributed by atoms with Gasteiger partial charge in [0.25, 0.3) is 0 Å². The lowest BCUT2D eigenvalue weighted by atomic mass is 9.95. The van der Waals surface area contributed by atoms with Crippen molar-refractivity contribution in [1.82, 2.24) is 19.4 Å². The molecule has 0 unspecified atom stereocenters. The molecule has 3 amide bonds. The van der Waals surface area contributed by atoms with Crippen LogP contribution in [0.15, 0.2) is 49.3 Å². The number of likely N-dealkylation sites (N-methyl/N-ethyl adjacent to an activating group) is 1. The van der Waals surface area contributed by atoms with Crippen molar-refractivity contribution in [3.05, 3.63) is 77.8 Å². The second-order valence-corrected chi connectivity index (χ2v) is 11.5. The highest BCUT2D eigenvalue weighted by atomic mass is 19.4. The second kappa shape index (κ2) is 11.3. The van der Waals surface area contributed by atoms with Crippen molar-refractivity contribution in [3.63, 3.8) is 0 Å². The lowest BCUT2D eigenvalue weighted by Crippen LogP contribution is -2.52. The van der Waals surface area contributed by atoms with Gasteiger partial charge in [-0.2, -0.15) is 13.2 Å². The number of benzene rings is 1. The van der Waals surface area contributed by atoms with Crippen molar-refractivity contribution in [2.75, 3.05) is 41.4 Å². The molecule has 14 heteroatoms. The van der Waals surface area contributed by atoms with Crippen molar-refractivity contribution < 1.29 is 31.9 Å². The van der Waals surface area contributed by atoms with Crippen molar-refractivity contribution in [1.29, 1.82) is 0 Å². The largest absolute Gasteiger partial charge is 0.416 e. The Balaban J connectivity index is 1.34. The van der Waals surface area contributed by atoms with Gasteiger partial charge in [-0.15, -0.1) is 0 Å². The van der Waals surface area contributed by atoms with Crippen molar-refractivity contribution >= 4 is 34.9 Å². The van der Waals surface area contributed by atoms with E-state index in [-0.39, 0.29) is 48.3 Å². The van der Waals surface area contributed by atoms with Gasteiger partial charge in [-0.05, 0) is 37.3 Å². The van der Waals surface area contributed by atoms with Gasteiger partial charge in [0.15, 0.2) is 0 Å². The molecular weight excluding hydrogens is 594 g/mol. The summed E-state index contributed by atoms with van der Waals surface area (Å²) in [6.07, 6.45) is -1.28. The Kier molecular flexibility index (Phi) is 7.61. The molecule has 2 atom stereocenters. The van der Waals surface area contributed by atoms with Crippen molar-refractivity contribution in [2.24, 2.45) is 5.92 Å². The van der Waals surface area contributed by atoms with Crippen molar-refractivity contribution in [2.45, 2.75) is 45.1 Å². The van der Waals surface area contributed by atoms with E-state index in [0.29, 0.717) is 26.1 Å². The molecule has 0 N–H and O–H groups in total. The van der Waals surface area contributed by atoms with Crippen LogP contribution in [0.1, 0.15) is 29.1 Å². The van der Waals surface area contributed by atoms with Crippen LogP contribution in [0, 0.1) is 18.7 Å². The van der Waals surface area contributed by atoms with E-state index in [1.165, 1.54) is 37.1 Å². The van der Waals surface area contributed by atoms with Crippen LogP contribution in [0.5, 0.6) is 0 Å². The molecule has 0 spiro atoms. The van der Waals surface area contributed by atoms with Gasteiger partial charge >= 0.3 is 6.18 Å². The molecule has 0 aliphatic carbocycles. The third kappa shape index (κ3) is 5.42. The average molecular weight is 626 g/mol. The third-order valence-electron chi connectivity index (χ3n) is 8.71. The second-order valence-electron chi connectivity index (χ2n) is 11.5. The van der Waals surface area contributed by atoms with Gasteiger partial charge in [0.1, 0.15) is 17.7 Å². The summed E-state index contributed by atoms with van der Waals surface area (Å²) in [4.78, 5) is 54.0. The first-order chi connectivity index (χ1) is 21.4. The minimum absolute atomic E-state index is 0.0532. The number of halogens is 4. The first-order valence-electron chi connectivity index (χ1n) is 14.5. The zero-order chi connectivity index (χ0) is 32.2. The van der Waals surface area contributed by atoms with E-state index in [9.17, 15) is 27.6 Å². The quantitative estimate of drug-likeness (QED) is 0.317. The van der Waals surface area contributed by atoms with Crippen LogP contribution < -0.4 is 14.7 Å². The zero-order valence-electron chi connectivity index (χ0n) is 24.7. The number of aryl methyl sites for hydroxylation is 1. The fourth-order valence-corrected chi connectivity index (χ4v) is 6.58. The van der Waals surface area contributed by atoms with Crippen LogP contribution in [0.2, 0.25) is 0 Å². The summed E-state index contributed by atoms with van der Waals surface area (Å²) in [7, 11) is 1.47. The average Bonchev–Trinajstić information content (AvgIpc) is 3.56. The molecule has 1 aromatic carbocycles. The molecule has 1 saturated heterocycles. The Labute approximate surface area is 256 Å². The van der Waals surface area contributed by atoms with E-state index in [1.807, 2.05) is 4.57 Å². The fourth-order valence-electron chi connectivity index (χ4n) is 6.58. The molecule has 0 radical (unpaired) electrons. The summed E-state index contributed by atoms with van der Waals surface area (Å²) < 4.78 is 58.5. The molecule has 0 saturated carbocycles. The van der Waals surface area contributed by atoms with Crippen LogP contribution >= 0.6 is 0 Å². The van der Waals surface area contributed by atoms with Crippen LogP contribution in [0.4, 0.5) is 34.8 Å². The molecule has 5 heterocycles. The highest BCUT2D eigenvalue weighted by Gasteiger charge is 2.49. The molecule has 1 fully saturated rings. The summed E-state index contributed by atoms with van der Waals surface area (Å²) in [5.41, 5.74) is 1.28. The molecular formula is C31H31F4N7O3. The molecule has 0 bridgehead atoms. The highest BCUT2D eigenvalue weighted by Crippen LogP contribution is 2.41. The van der Waals surface area contributed by atoms with Gasteiger partial charge in [0, 0.05) is 63.4 Å². The Morgan fingerprint density at radius 2 is 1.96 bits per heavy atom. The van der Waals surface area contributed by atoms with Gasteiger partial charge in [0.05, 0.1) is 35.5 Å². The van der Waals surface area contributed by atoms with E-state index < -0.39 is 41.3 Å². The monoisotopic (exact) mass is 625 g/mol. The SMILES string of the molecule is C=CC(=O)N1CCc2c(ncn2CCN2C[C@H]3CC(=O)N(c4cc(C(F)(F)F)cc(C)n4)[C@@H]3C(=O)N(C)c3cccc(F)c32)C1. The number of rotatable bonds is 5. The molecule has 3 aliphatic rings. The van der Waals surface area contributed by atoms with E-state index in [0.717, 1.165) is 28.4 Å². The summed E-state index contributed by atoms with van der Waals surface area (Å²) in [5.74, 6) is -2.71. The van der Waals surface area contributed by atoms with Crippen LogP contribution in [0.3, 0.4) is 0 Å². The minimum atomic E-state index is -4.67. The number of fused-ring (bicyclic) bond motifs is 3. The van der Waals surface area contributed by atoms with E-state index in [2.05, 4.69) is 16.5 Å². The number of carbonyl (C=O) groups excluding carboxylic acids is 3. The number of carbonyl (C=O) groups is 3. The number of para-hydroxylation sites is 1. The van der Waals surface area contributed by atoms with Gasteiger partial charge in [-0.1, -0.05) is 12.6 Å². The number of hydrogen-bond acceptors (Lipinski definition) is 6. The summed E-state index contributed by atoms with van der Waals surface area (Å²) in [6, 6.07) is 4.91. The summed E-state index contributed by atoms with van der Waals surface area (Å²) in [6.45, 7) is 6.57. The predicted octanol–water partition coefficient (Wildman–Crippen LogP) is 3.72. The molecule has 45 heavy (non-hydrogen) atoms. The lowest BCUT2D eigenvalue weighted by molar-refractivity contribution is -0.137. The molecule has 6 rings (SSSR count). The van der Waals surface area contributed by atoms with Gasteiger partial charge < -0.3 is 19.3 Å². The smallest absolute Gasteiger partial charge is 0.365 e. The van der Waals surface area contributed by atoms with E-state index in [1.54, 1.807) is 22.2 Å². The number of hydrogen-bond donors (Lipinski definition) is 0. The molecule has 236 valence electrons. The van der Waals surface area contributed by atoms with Gasteiger partial charge in [-0.3, -0.25) is 19.3 Å². The zero-order valence-corrected chi connectivity index (χ0v) is 24.7. The Morgan fingerprint density at radius 3 is 2.69 bits per heavy atom. The molecule has 2 aromatic heterocycles. The number of anilines is 3. The van der Waals surface area contributed by atoms with Crippen LogP contribution in [0.25, 0.3) is 0 Å². The van der Waals surface area contributed by atoms with Crippen molar-refractivity contribution in [3.8, 4) is 0 Å². The van der Waals surface area contributed by atoms with Gasteiger partial charge in [-0.25, -0.2) is 14.4 Å². The Hall–Kier alpha value is -4.75. The minimum Gasteiger partial charge on any atom is -0.365 e. The summed E-state index contributed by atoms with van der Waals surface area (Å²) >= 11 is 0. The number of aromatic nitrogens is 3. The topological polar surface area (TPSA) is 94.9 Å². The summed E-state index contributed by atoms with van der Waals surface area (Å²) in [5, 5.41) is 0. The number of imidazole rings is 1. The maximum absolute atomic E-state index is 15.6. The lowest BCUT2D eigenvalue weighted by Gasteiger charge is -2.39. The number of amides is 3. The van der Waals surface area contributed by atoms with E-state index >= 15 is 4.39 Å². The fraction of sp³-hybridized carbons (Fsp3) is 0.387. The predicted molar refractivity (Wildman–Crippen MR) is 157 cm³/mol. The molecule has 10 nitrogen and oxygen atoms in total. The van der Waals surface area contributed by atoms with Crippen LogP contribution in [-0.4, -0.2) is 69.9 Å². The number of pyridine rings is 1. The first-order valence-corrected chi connectivity index (χ1v) is 14.5. The van der Waals surface area contributed by atoms with E-state index in [4.69, 9.17) is 0 Å². The number of nitrogens with zero attached hydrogens (tertiary/aromatic N) is 7. The molecule has 3 aliphatic heterocycles. The van der Waals surface area contributed by atoms with Gasteiger partial charge in [0.2, 0.25) is 17.7 Å².